The Morgan fingerprint density at radius 2 is 2.28 bits per heavy atom. The van der Waals surface area contributed by atoms with Gasteiger partial charge in [-0.3, -0.25) is 0 Å². The average molecular weight is 248 g/mol. The summed E-state index contributed by atoms with van der Waals surface area (Å²) in [6.07, 6.45) is 8.90. The molecule has 0 amide bonds. The predicted octanol–water partition coefficient (Wildman–Crippen LogP) is 4.65. The van der Waals surface area contributed by atoms with Crippen LogP contribution in [0.25, 0.3) is 0 Å². The van der Waals surface area contributed by atoms with Crippen molar-refractivity contribution >= 4 is 0 Å². The maximum atomic E-state index is 13.1. The SMILES string of the molecule is C/C=C/CCC1CCC(c2cccc(F)c2)OC1. The van der Waals surface area contributed by atoms with Crippen molar-refractivity contribution in [3.05, 3.63) is 47.8 Å². The molecule has 1 aromatic carbocycles. The first kappa shape index (κ1) is 13.3. The lowest BCUT2D eigenvalue weighted by molar-refractivity contribution is -0.0192. The zero-order valence-electron chi connectivity index (χ0n) is 10.9. The van der Waals surface area contributed by atoms with E-state index in [0.717, 1.165) is 25.0 Å². The molecule has 0 N–H and O–H groups in total. The molecule has 2 rings (SSSR count). The van der Waals surface area contributed by atoms with Crippen LogP contribution in [0.15, 0.2) is 36.4 Å². The van der Waals surface area contributed by atoms with Crippen molar-refractivity contribution in [1.29, 1.82) is 0 Å². The van der Waals surface area contributed by atoms with Crippen LogP contribution in [0, 0.1) is 11.7 Å². The lowest BCUT2D eigenvalue weighted by Crippen LogP contribution is -2.20. The Labute approximate surface area is 109 Å². The van der Waals surface area contributed by atoms with E-state index in [1.54, 1.807) is 12.1 Å². The average Bonchev–Trinajstić information content (AvgIpc) is 2.40. The fraction of sp³-hybridized carbons (Fsp3) is 0.500. The third kappa shape index (κ3) is 3.67. The molecular formula is C16H21FO. The van der Waals surface area contributed by atoms with Crippen LogP contribution < -0.4 is 0 Å². The number of benzene rings is 1. The Balaban J connectivity index is 1.83. The monoisotopic (exact) mass is 248 g/mol. The van der Waals surface area contributed by atoms with Crippen LogP contribution in [0.3, 0.4) is 0 Å². The third-order valence-corrected chi connectivity index (χ3v) is 3.57. The zero-order chi connectivity index (χ0) is 12.8. The fourth-order valence-electron chi connectivity index (χ4n) is 2.50. The van der Waals surface area contributed by atoms with E-state index in [-0.39, 0.29) is 11.9 Å². The summed E-state index contributed by atoms with van der Waals surface area (Å²) in [5, 5.41) is 0. The van der Waals surface area contributed by atoms with Gasteiger partial charge in [-0.2, -0.15) is 0 Å². The number of allylic oxidation sites excluding steroid dienone is 2. The van der Waals surface area contributed by atoms with E-state index < -0.39 is 0 Å². The molecule has 1 aliphatic heterocycles. The summed E-state index contributed by atoms with van der Waals surface area (Å²) in [4.78, 5) is 0. The number of rotatable bonds is 4. The lowest BCUT2D eigenvalue weighted by atomic mass is 9.91. The van der Waals surface area contributed by atoms with Gasteiger partial charge in [0, 0.05) is 0 Å². The molecule has 0 aromatic heterocycles. The van der Waals surface area contributed by atoms with Crippen molar-refractivity contribution in [3.8, 4) is 0 Å². The Morgan fingerprint density at radius 3 is 2.94 bits per heavy atom. The maximum Gasteiger partial charge on any atom is 0.123 e. The molecule has 1 aliphatic rings. The highest BCUT2D eigenvalue weighted by Crippen LogP contribution is 2.32. The van der Waals surface area contributed by atoms with Crippen LogP contribution in [0.4, 0.5) is 4.39 Å². The molecule has 1 fully saturated rings. The molecule has 1 saturated heterocycles. The van der Waals surface area contributed by atoms with Crippen LogP contribution in [-0.2, 0) is 4.74 Å². The summed E-state index contributed by atoms with van der Waals surface area (Å²) in [5.41, 5.74) is 0.974. The molecule has 0 spiro atoms. The third-order valence-electron chi connectivity index (χ3n) is 3.57. The maximum absolute atomic E-state index is 13.1. The van der Waals surface area contributed by atoms with Gasteiger partial charge in [0.2, 0.25) is 0 Å². The smallest absolute Gasteiger partial charge is 0.123 e. The Kier molecular flexibility index (Phi) is 4.94. The van der Waals surface area contributed by atoms with E-state index in [1.165, 1.54) is 18.9 Å². The summed E-state index contributed by atoms with van der Waals surface area (Å²) < 4.78 is 19.0. The molecule has 2 heteroatoms. The van der Waals surface area contributed by atoms with Crippen LogP contribution >= 0.6 is 0 Å². The molecule has 98 valence electrons. The Morgan fingerprint density at radius 1 is 1.39 bits per heavy atom. The normalized spacial score (nSPS) is 24.6. The van der Waals surface area contributed by atoms with Gasteiger partial charge >= 0.3 is 0 Å². The highest BCUT2D eigenvalue weighted by atomic mass is 19.1. The van der Waals surface area contributed by atoms with Gasteiger partial charge in [0.05, 0.1) is 12.7 Å². The first-order chi connectivity index (χ1) is 8.79. The number of ether oxygens (including phenoxy) is 1. The van der Waals surface area contributed by atoms with E-state index in [2.05, 4.69) is 19.1 Å². The second kappa shape index (κ2) is 6.69. The molecule has 18 heavy (non-hydrogen) atoms. The quantitative estimate of drug-likeness (QED) is 0.705. The standard InChI is InChI=1S/C16H21FO/c1-2-3-4-6-13-9-10-16(18-12-13)14-7-5-8-15(17)11-14/h2-3,5,7-8,11,13,16H,4,6,9-10,12H2,1H3/b3-2+. The van der Waals surface area contributed by atoms with Crippen LogP contribution in [0.1, 0.15) is 44.3 Å². The molecule has 1 heterocycles. The van der Waals surface area contributed by atoms with Crippen molar-refractivity contribution in [2.75, 3.05) is 6.61 Å². The fourth-order valence-corrected chi connectivity index (χ4v) is 2.50. The predicted molar refractivity (Wildman–Crippen MR) is 71.9 cm³/mol. The second-order valence-electron chi connectivity index (χ2n) is 4.97. The lowest BCUT2D eigenvalue weighted by Gasteiger charge is -2.29. The van der Waals surface area contributed by atoms with Gasteiger partial charge in [-0.15, -0.1) is 0 Å². The summed E-state index contributed by atoms with van der Waals surface area (Å²) in [6.45, 7) is 2.86. The van der Waals surface area contributed by atoms with E-state index in [1.807, 2.05) is 6.07 Å². The summed E-state index contributed by atoms with van der Waals surface area (Å²) in [6, 6.07) is 6.77. The largest absolute Gasteiger partial charge is 0.373 e. The van der Waals surface area contributed by atoms with Gasteiger partial charge in [-0.25, -0.2) is 4.39 Å². The molecule has 0 aliphatic carbocycles. The minimum Gasteiger partial charge on any atom is -0.373 e. The van der Waals surface area contributed by atoms with Crippen molar-refractivity contribution in [2.24, 2.45) is 5.92 Å². The van der Waals surface area contributed by atoms with Gasteiger partial charge in [-0.1, -0.05) is 24.3 Å². The van der Waals surface area contributed by atoms with E-state index in [0.29, 0.717) is 5.92 Å². The van der Waals surface area contributed by atoms with Crippen LogP contribution in [0.5, 0.6) is 0 Å². The van der Waals surface area contributed by atoms with E-state index >= 15 is 0 Å². The van der Waals surface area contributed by atoms with Gasteiger partial charge < -0.3 is 4.74 Å². The minimum atomic E-state index is -0.175. The first-order valence-electron chi connectivity index (χ1n) is 6.78. The first-order valence-corrected chi connectivity index (χ1v) is 6.78. The molecular weight excluding hydrogens is 227 g/mol. The van der Waals surface area contributed by atoms with E-state index in [4.69, 9.17) is 4.74 Å². The summed E-state index contributed by atoms with van der Waals surface area (Å²) in [7, 11) is 0. The van der Waals surface area contributed by atoms with Crippen LogP contribution in [0.2, 0.25) is 0 Å². The molecule has 1 nitrogen and oxygen atoms in total. The van der Waals surface area contributed by atoms with Crippen molar-refractivity contribution in [2.45, 2.75) is 38.7 Å². The number of halogens is 1. The van der Waals surface area contributed by atoms with Crippen molar-refractivity contribution in [1.82, 2.24) is 0 Å². The van der Waals surface area contributed by atoms with Crippen molar-refractivity contribution < 1.29 is 9.13 Å². The Hall–Kier alpha value is -1.15. The van der Waals surface area contributed by atoms with Gasteiger partial charge in [-0.05, 0) is 56.2 Å². The number of hydrogen-bond donors (Lipinski definition) is 0. The Bertz CT molecular complexity index is 392. The molecule has 0 saturated carbocycles. The molecule has 0 bridgehead atoms. The number of hydrogen-bond acceptors (Lipinski definition) is 1. The molecule has 0 radical (unpaired) electrons. The second-order valence-corrected chi connectivity index (χ2v) is 4.97. The topological polar surface area (TPSA) is 9.23 Å². The molecule has 2 atom stereocenters. The summed E-state index contributed by atoms with van der Waals surface area (Å²) >= 11 is 0. The van der Waals surface area contributed by atoms with Crippen LogP contribution in [-0.4, -0.2) is 6.61 Å². The van der Waals surface area contributed by atoms with Gasteiger partial charge in [0.1, 0.15) is 5.82 Å². The van der Waals surface area contributed by atoms with Gasteiger partial charge in [0.15, 0.2) is 0 Å². The van der Waals surface area contributed by atoms with Gasteiger partial charge in [0.25, 0.3) is 0 Å². The summed E-state index contributed by atoms with van der Waals surface area (Å²) in [5.74, 6) is 0.484. The highest BCUT2D eigenvalue weighted by molar-refractivity contribution is 5.19. The molecule has 2 unspecified atom stereocenters. The molecule has 1 aromatic rings. The minimum absolute atomic E-state index is 0.0821. The van der Waals surface area contributed by atoms with Crippen molar-refractivity contribution in [3.63, 3.8) is 0 Å². The van der Waals surface area contributed by atoms with E-state index in [9.17, 15) is 4.39 Å². The zero-order valence-corrected chi connectivity index (χ0v) is 10.9. The highest BCUT2D eigenvalue weighted by Gasteiger charge is 2.22.